The number of hydrogen-bond acceptors (Lipinski definition) is 7. The summed E-state index contributed by atoms with van der Waals surface area (Å²) in [5.74, 6) is 1.87. The maximum atomic E-state index is 5.80. The third-order valence-corrected chi connectivity index (χ3v) is 3.06. The Balaban J connectivity index is 1.89. The SMILES string of the molecule is CCNc1cc(Nc2nc(N)nc(-c3ccccc3)n2)ccn1. The van der Waals surface area contributed by atoms with Crippen molar-refractivity contribution >= 4 is 23.4 Å². The molecule has 7 heteroatoms. The van der Waals surface area contributed by atoms with Crippen molar-refractivity contribution in [2.75, 3.05) is 22.9 Å². The van der Waals surface area contributed by atoms with Gasteiger partial charge in [-0.15, -0.1) is 0 Å². The largest absolute Gasteiger partial charge is 0.370 e. The molecule has 1 aromatic carbocycles. The monoisotopic (exact) mass is 307 g/mol. The van der Waals surface area contributed by atoms with Crippen LogP contribution in [-0.2, 0) is 0 Å². The maximum absolute atomic E-state index is 5.80. The van der Waals surface area contributed by atoms with Crippen molar-refractivity contribution in [1.82, 2.24) is 19.9 Å². The number of nitrogen functional groups attached to an aromatic ring is 1. The van der Waals surface area contributed by atoms with Crippen LogP contribution in [0.1, 0.15) is 6.92 Å². The van der Waals surface area contributed by atoms with Gasteiger partial charge >= 0.3 is 0 Å². The molecule has 7 nitrogen and oxygen atoms in total. The van der Waals surface area contributed by atoms with E-state index >= 15 is 0 Å². The molecule has 0 atom stereocenters. The van der Waals surface area contributed by atoms with Crippen molar-refractivity contribution in [3.05, 3.63) is 48.7 Å². The van der Waals surface area contributed by atoms with E-state index in [2.05, 4.69) is 30.6 Å². The van der Waals surface area contributed by atoms with E-state index in [4.69, 9.17) is 5.73 Å². The van der Waals surface area contributed by atoms with E-state index in [9.17, 15) is 0 Å². The Morgan fingerprint density at radius 2 is 1.87 bits per heavy atom. The highest BCUT2D eigenvalue weighted by molar-refractivity contribution is 5.62. The van der Waals surface area contributed by atoms with Crippen molar-refractivity contribution in [2.45, 2.75) is 6.92 Å². The first-order valence-electron chi connectivity index (χ1n) is 7.28. The van der Waals surface area contributed by atoms with Crippen LogP contribution in [0.2, 0.25) is 0 Å². The highest BCUT2D eigenvalue weighted by atomic mass is 15.2. The van der Waals surface area contributed by atoms with E-state index in [0.717, 1.165) is 23.6 Å². The predicted octanol–water partition coefficient (Wildman–Crippen LogP) is 2.69. The topological polar surface area (TPSA) is 102 Å². The molecule has 23 heavy (non-hydrogen) atoms. The molecule has 0 aliphatic carbocycles. The smallest absolute Gasteiger partial charge is 0.232 e. The Morgan fingerprint density at radius 1 is 1.04 bits per heavy atom. The Morgan fingerprint density at radius 3 is 2.65 bits per heavy atom. The fourth-order valence-electron chi connectivity index (χ4n) is 2.08. The average Bonchev–Trinajstić information content (AvgIpc) is 2.56. The molecular weight excluding hydrogens is 290 g/mol. The van der Waals surface area contributed by atoms with Crippen LogP contribution in [0.15, 0.2) is 48.7 Å². The quantitative estimate of drug-likeness (QED) is 0.666. The Bertz CT molecular complexity index is 789. The molecule has 3 rings (SSSR count). The maximum Gasteiger partial charge on any atom is 0.232 e. The minimum atomic E-state index is 0.169. The summed E-state index contributed by atoms with van der Waals surface area (Å²) in [7, 11) is 0. The number of nitrogens with one attached hydrogen (secondary N) is 2. The summed E-state index contributed by atoms with van der Waals surface area (Å²) in [6, 6.07) is 13.4. The Kier molecular flexibility index (Phi) is 4.28. The fourth-order valence-corrected chi connectivity index (χ4v) is 2.08. The number of anilines is 4. The van der Waals surface area contributed by atoms with E-state index in [0.29, 0.717) is 11.8 Å². The summed E-state index contributed by atoms with van der Waals surface area (Å²) in [5.41, 5.74) is 7.50. The molecule has 0 aliphatic rings. The lowest BCUT2D eigenvalue weighted by molar-refractivity contribution is 1.07. The number of hydrogen-bond donors (Lipinski definition) is 3. The number of rotatable bonds is 5. The zero-order chi connectivity index (χ0) is 16.1. The van der Waals surface area contributed by atoms with Crippen LogP contribution in [0.5, 0.6) is 0 Å². The lowest BCUT2D eigenvalue weighted by Gasteiger charge is -2.09. The molecule has 0 spiro atoms. The molecule has 3 aromatic rings. The van der Waals surface area contributed by atoms with Gasteiger partial charge in [0.25, 0.3) is 0 Å². The number of nitrogens with zero attached hydrogens (tertiary/aromatic N) is 4. The summed E-state index contributed by atoms with van der Waals surface area (Å²) in [4.78, 5) is 17.0. The van der Waals surface area contributed by atoms with Crippen LogP contribution in [-0.4, -0.2) is 26.5 Å². The number of nitrogens with two attached hydrogens (primary N) is 1. The minimum Gasteiger partial charge on any atom is -0.370 e. The molecule has 2 aromatic heterocycles. The molecule has 0 saturated heterocycles. The van der Waals surface area contributed by atoms with Gasteiger partial charge in [0.1, 0.15) is 5.82 Å². The van der Waals surface area contributed by atoms with E-state index in [1.807, 2.05) is 49.4 Å². The predicted molar refractivity (Wildman–Crippen MR) is 91.4 cm³/mol. The second kappa shape index (κ2) is 6.69. The van der Waals surface area contributed by atoms with Crippen LogP contribution in [0.3, 0.4) is 0 Å². The zero-order valence-electron chi connectivity index (χ0n) is 12.7. The van der Waals surface area contributed by atoms with E-state index < -0.39 is 0 Å². The Labute approximate surface area is 134 Å². The summed E-state index contributed by atoms with van der Waals surface area (Å²) in [6.45, 7) is 2.81. The highest BCUT2D eigenvalue weighted by Crippen LogP contribution is 2.20. The van der Waals surface area contributed by atoms with Gasteiger partial charge in [-0.2, -0.15) is 15.0 Å². The van der Waals surface area contributed by atoms with Crippen molar-refractivity contribution in [1.29, 1.82) is 0 Å². The van der Waals surface area contributed by atoms with Crippen LogP contribution in [0.25, 0.3) is 11.4 Å². The van der Waals surface area contributed by atoms with Crippen molar-refractivity contribution in [3.63, 3.8) is 0 Å². The molecule has 116 valence electrons. The third-order valence-electron chi connectivity index (χ3n) is 3.06. The number of aromatic nitrogens is 4. The fraction of sp³-hybridized carbons (Fsp3) is 0.125. The normalized spacial score (nSPS) is 10.3. The molecule has 0 fully saturated rings. The molecule has 0 radical (unpaired) electrons. The molecule has 0 aliphatic heterocycles. The van der Waals surface area contributed by atoms with Gasteiger partial charge in [0.05, 0.1) is 0 Å². The van der Waals surface area contributed by atoms with Gasteiger partial charge < -0.3 is 16.4 Å². The highest BCUT2D eigenvalue weighted by Gasteiger charge is 2.07. The van der Waals surface area contributed by atoms with Gasteiger partial charge in [-0.05, 0) is 13.0 Å². The Hall–Kier alpha value is -3.22. The van der Waals surface area contributed by atoms with E-state index in [1.54, 1.807) is 6.20 Å². The molecule has 0 saturated carbocycles. The van der Waals surface area contributed by atoms with Crippen LogP contribution < -0.4 is 16.4 Å². The molecule has 0 unspecified atom stereocenters. The van der Waals surface area contributed by atoms with Crippen LogP contribution >= 0.6 is 0 Å². The van der Waals surface area contributed by atoms with Gasteiger partial charge in [-0.3, -0.25) is 0 Å². The molecule has 2 heterocycles. The molecular formula is C16H17N7. The lowest BCUT2D eigenvalue weighted by Crippen LogP contribution is -2.05. The molecule has 0 bridgehead atoms. The standard InChI is InChI=1S/C16H17N7/c1-2-18-13-10-12(8-9-19-13)20-16-22-14(21-15(17)23-16)11-6-4-3-5-7-11/h3-10H,2H2,1H3,(H4,17,18,19,20,21,22,23). The average molecular weight is 307 g/mol. The van der Waals surface area contributed by atoms with Gasteiger partial charge in [-0.1, -0.05) is 30.3 Å². The number of benzene rings is 1. The van der Waals surface area contributed by atoms with E-state index in [1.165, 1.54) is 0 Å². The van der Waals surface area contributed by atoms with Gasteiger partial charge in [-0.25, -0.2) is 4.98 Å². The first kappa shape index (κ1) is 14.7. The van der Waals surface area contributed by atoms with Crippen LogP contribution in [0, 0.1) is 0 Å². The summed E-state index contributed by atoms with van der Waals surface area (Å²) in [5, 5.41) is 6.28. The summed E-state index contributed by atoms with van der Waals surface area (Å²) < 4.78 is 0. The van der Waals surface area contributed by atoms with Crippen molar-refractivity contribution < 1.29 is 0 Å². The summed E-state index contributed by atoms with van der Waals surface area (Å²) >= 11 is 0. The second-order valence-corrected chi connectivity index (χ2v) is 4.79. The minimum absolute atomic E-state index is 0.169. The summed E-state index contributed by atoms with van der Waals surface area (Å²) in [6.07, 6.45) is 1.71. The second-order valence-electron chi connectivity index (χ2n) is 4.79. The first-order chi connectivity index (χ1) is 11.2. The lowest BCUT2D eigenvalue weighted by atomic mass is 10.2. The first-order valence-corrected chi connectivity index (χ1v) is 7.28. The van der Waals surface area contributed by atoms with Crippen molar-refractivity contribution in [3.8, 4) is 11.4 Å². The van der Waals surface area contributed by atoms with Gasteiger partial charge in [0, 0.05) is 30.1 Å². The van der Waals surface area contributed by atoms with Crippen LogP contribution in [0.4, 0.5) is 23.4 Å². The molecule has 0 amide bonds. The third kappa shape index (κ3) is 3.70. The van der Waals surface area contributed by atoms with E-state index in [-0.39, 0.29) is 5.95 Å². The molecule has 4 N–H and O–H groups in total. The van der Waals surface area contributed by atoms with Crippen molar-refractivity contribution in [2.24, 2.45) is 0 Å². The van der Waals surface area contributed by atoms with Gasteiger partial charge in [0.15, 0.2) is 5.82 Å². The van der Waals surface area contributed by atoms with Gasteiger partial charge in [0.2, 0.25) is 11.9 Å². The number of pyridine rings is 1. The zero-order valence-corrected chi connectivity index (χ0v) is 12.7.